The maximum Gasteiger partial charge on any atom is 0.0537 e. The van der Waals surface area contributed by atoms with Crippen molar-refractivity contribution in [1.29, 1.82) is 0 Å². The highest BCUT2D eigenvalue weighted by atomic mass is 15.2. The van der Waals surface area contributed by atoms with Crippen molar-refractivity contribution in [1.82, 2.24) is 9.78 Å². The summed E-state index contributed by atoms with van der Waals surface area (Å²) < 4.78 is 1.84. The van der Waals surface area contributed by atoms with Gasteiger partial charge in [0.1, 0.15) is 0 Å². The molecule has 1 fully saturated rings. The molecule has 16 heavy (non-hydrogen) atoms. The maximum absolute atomic E-state index is 6.41. The first-order chi connectivity index (χ1) is 7.50. The van der Waals surface area contributed by atoms with Gasteiger partial charge in [-0.3, -0.25) is 4.68 Å². The summed E-state index contributed by atoms with van der Waals surface area (Å²) >= 11 is 0. The van der Waals surface area contributed by atoms with E-state index in [1.165, 1.54) is 31.2 Å². The average Bonchev–Trinajstić information content (AvgIpc) is 2.63. The number of aryl methyl sites for hydroxylation is 1. The van der Waals surface area contributed by atoms with Gasteiger partial charge in [0, 0.05) is 24.8 Å². The number of hydrogen-bond donors (Lipinski definition) is 1. The molecule has 2 unspecified atom stereocenters. The third kappa shape index (κ3) is 2.14. The van der Waals surface area contributed by atoms with E-state index in [4.69, 9.17) is 5.73 Å². The zero-order valence-corrected chi connectivity index (χ0v) is 10.6. The van der Waals surface area contributed by atoms with Gasteiger partial charge in [0.15, 0.2) is 0 Å². The standard InChI is InChI=1S/C13H23N3/c1-13(2)7-5-4-6-11(13)12(14)10-8-15-16(3)9-10/h8-9,11-12H,4-7,14H2,1-3H3. The zero-order valence-electron chi connectivity index (χ0n) is 10.6. The molecule has 0 radical (unpaired) electrons. The summed E-state index contributed by atoms with van der Waals surface area (Å²) in [6.45, 7) is 4.71. The van der Waals surface area contributed by atoms with E-state index in [2.05, 4.69) is 25.1 Å². The molecule has 2 N–H and O–H groups in total. The molecule has 0 aromatic carbocycles. The summed E-state index contributed by atoms with van der Waals surface area (Å²) in [7, 11) is 1.95. The summed E-state index contributed by atoms with van der Waals surface area (Å²) in [5.74, 6) is 0.588. The molecule has 1 saturated carbocycles. The van der Waals surface area contributed by atoms with E-state index >= 15 is 0 Å². The normalized spacial score (nSPS) is 26.6. The van der Waals surface area contributed by atoms with Crippen LogP contribution in [0.1, 0.15) is 51.1 Å². The van der Waals surface area contributed by atoms with Crippen LogP contribution in [-0.4, -0.2) is 9.78 Å². The molecule has 0 saturated heterocycles. The molecule has 1 aliphatic rings. The van der Waals surface area contributed by atoms with Crippen molar-refractivity contribution in [3.8, 4) is 0 Å². The van der Waals surface area contributed by atoms with Gasteiger partial charge in [-0.2, -0.15) is 5.10 Å². The van der Waals surface area contributed by atoms with Crippen LogP contribution in [0.25, 0.3) is 0 Å². The first kappa shape index (κ1) is 11.6. The third-order valence-corrected chi connectivity index (χ3v) is 4.13. The van der Waals surface area contributed by atoms with Crippen LogP contribution in [0.3, 0.4) is 0 Å². The summed E-state index contributed by atoms with van der Waals surface area (Å²) in [6, 6.07) is 0.143. The number of aromatic nitrogens is 2. The molecular formula is C13H23N3. The van der Waals surface area contributed by atoms with Gasteiger partial charge in [0.05, 0.1) is 6.20 Å². The van der Waals surface area contributed by atoms with Crippen LogP contribution in [0.2, 0.25) is 0 Å². The minimum Gasteiger partial charge on any atom is -0.324 e. The van der Waals surface area contributed by atoms with Gasteiger partial charge >= 0.3 is 0 Å². The van der Waals surface area contributed by atoms with Crippen molar-refractivity contribution in [2.45, 2.75) is 45.6 Å². The fraction of sp³-hybridized carbons (Fsp3) is 0.769. The summed E-state index contributed by atoms with van der Waals surface area (Å²) in [5.41, 5.74) is 7.96. The second-order valence-corrected chi connectivity index (χ2v) is 5.81. The Morgan fingerprint density at radius 1 is 1.50 bits per heavy atom. The molecule has 3 nitrogen and oxygen atoms in total. The van der Waals surface area contributed by atoms with Gasteiger partial charge in [-0.05, 0) is 24.2 Å². The predicted octanol–water partition coefficient (Wildman–Crippen LogP) is 2.64. The lowest BCUT2D eigenvalue weighted by molar-refractivity contribution is 0.112. The molecule has 1 aliphatic carbocycles. The minimum absolute atomic E-state index is 0.143. The largest absolute Gasteiger partial charge is 0.324 e. The lowest BCUT2D eigenvalue weighted by Gasteiger charge is -2.41. The Kier molecular flexibility index (Phi) is 3.06. The lowest BCUT2D eigenvalue weighted by atomic mass is 9.65. The molecule has 90 valence electrons. The van der Waals surface area contributed by atoms with Crippen molar-refractivity contribution in [3.63, 3.8) is 0 Å². The smallest absolute Gasteiger partial charge is 0.0537 e. The van der Waals surface area contributed by atoms with Gasteiger partial charge < -0.3 is 5.73 Å². The minimum atomic E-state index is 0.143. The quantitative estimate of drug-likeness (QED) is 0.834. The predicted molar refractivity (Wildman–Crippen MR) is 65.9 cm³/mol. The average molecular weight is 221 g/mol. The Balaban J connectivity index is 2.17. The van der Waals surface area contributed by atoms with E-state index in [-0.39, 0.29) is 6.04 Å². The summed E-state index contributed by atoms with van der Waals surface area (Å²) in [6.07, 6.45) is 9.19. The molecule has 3 heteroatoms. The molecule has 0 bridgehead atoms. The van der Waals surface area contributed by atoms with E-state index in [0.29, 0.717) is 11.3 Å². The lowest BCUT2D eigenvalue weighted by Crippen LogP contribution is -2.36. The molecule has 1 heterocycles. The molecule has 0 amide bonds. The molecule has 1 aromatic heterocycles. The van der Waals surface area contributed by atoms with Gasteiger partial charge in [-0.1, -0.05) is 26.7 Å². The van der Waals surface area contributed by atoms with Crippen LogP contribution in [0, 0.1) is 11.3 Å². The molecule has 2 atom stereocenters. The molecule has 0 spiro atoms. The second kappa shape index (κ2) is 4.21. The van der Waals surface area contributed by atoms with E-state index in [9.17, 15) is 0 Å². The Bertz CT molecular complexity index is 354. The molecule has 1 aromatic rings. The molecule has 0 aliphatic heterocycles. The third-order valence-electron chi connectivity index (χ3n) is 4.13. The van der Waals surface area contributed by atoms with Crippen LogP contribution in [0.4, 0.5) is 0 Å². The van der Waals surface area contributed by atoms with Crippen molar-refractivity contribution >= 4 is 0 Å². The van der Waals surface area contributed by atoms with Crippen molar-refractivity contribution in [2.75, 3.05) is 0 Å². The Morgan fingerprint density at radius 3 is 2.81 bits per heavy atom. The summed E-state index contributed by atoms with van der Waals surface area (Å²) in [4.78, 5) is 0. The van der Waals surface area contributed by atoms with Crippen LogP contribution in [0.5, 0.6) is 0 Å². The number of nitrogens with two attached hydrogens (primary N) is 1. The fourth-order valence-corrected chi connectivity index (χ4v) is 3.03. The van der Waals surface area contributed by atoms with E-state index < -0.39 is 0 Å². The van der Waals surface area contributed by atoms with Crippen molar-refractivity contribution in [2.24, 2.45) is 24.1 Å². The van der Waals surface area contributed by atoms with E-state index in [1.807, 2.05) is 17.9 Å². The monoisotopic (exact) mass is 221 g/mol. The maximum atomic E-state index is 6.41. The van der Waals surface area contributed by atoms with Crippen LogP contribution in [-0.2, 0) is 7.05 Å². The highest BCUT2D eigenvalue weighted by Crippen LogP contribution is 2.45. The Labute approximate surface area is 98.0 Å². The highest BCUT2D eigenvalue weighted by Gasteiger charge is 2.36. The number of hydrogen-bond acceptors (Lipinski definition) is 2. The second-order valence-electron chi connectivity index (χ2n) is 5.81. The van der Waals surface area contributed by atoms with E-state index in [1.54, 1.807) is 0 Å². The summed E-state index contributed by atoms with van der Waals surface area (Å²) in [5, 5.41) is 4.22. The van der Waals surface area contributed by atoms with Gasteiger partial charge in [0.2, 0.25) is 0 Å². The first-order valence-corrected chi connectivity index (χ1v) is 6.25. The Morgan fingerprint density at radius 2 is 2.25 bits per heavy atom. The first-order valence-electron chi connectivity index (χ1n) is 6.25. The fourth-order valence-electron chi connectivity index (χ4n) is 3.03. The zero-order chi connectivity index (χ0) is 11.8. The Hall–Kier alpha value is -0.830. The molecule has 2 rings (SSSR count). The van der Waals surface area contributed by atoms with E-state index in [0.717, 1.165) is 0 Å². The van der Waals surface area contributed by atoms with Gasteiger partial charge in [0.25, 0.3) is 0 Å². The topological polar surface area (TPSA) is 43.8 Å². The van der Waals surface area contributed by atoms with Crippen LogP contribution >= 0.6 is 0 Å². The van der Waals surface area contributed by atoms with Gasteiger partial charge in [-0.25, -0.2) is 0 Å². The number of rotatable bonds is 2. The molecular weight excluding hydrogens is 198 g/mol. The van der Waals surface area contributed by atoms with Crippen LogP contribution < -0.4 is 5.73 Å². The highest BCUT2D eigenvalue weighted by molar-refractivity contribution is 5.12. The SMILES string of the molecule is Cn1cc(C(N)C2CCCCC2(C)C)cn1. The number of nitrogens with zero attached hydrogens (tertiary/aromatic N) is 2. The van der Waals surface area contributed by atoms with Crippen molar-refractivity contribution in [3.05, 3.63) is 18.0 Å². The van der Waals surface area contributed by atoms with Crippen LogP contribution in [0.15, 0.2) is 12.4 Å². The van der Waals surface area contributed by atoms with Gasteiger partial charge in [-0.15, -0.1) is 0 Å². The van der Waals surface area contributed by atoms with Crippen molar-refractivity contribution < 1.29 is 0 Å².